The zero-order valence-corrected chi connectivity index (χ0v) is 19.6. The van der Waals surface area contributed by atoms with Gasteiger partial charge < -0.3 is 10.1 Å². The number of hydrogen-bond donors (Lipinski definition) is 1. The minimum atomic E-state index is -3.47. The quantitative estimate of drug-likeness (QED) is 0.729. The normalized spacial score (nSPS) is 26.8. The summed E-state index contributed by atoms with van der Waals surface area (Å²) in [5.74, 6) is 0.803. The molecular formula is C22H31N3O3S2. The Balaban J connectivity index is 1.32. The molecule has 2 aromatic rings. The highest BCUT2D eigenvalue weighted by Crippen LogP contribution is 2.51. The molecule has 3 fully saturated rings. The SMILES string of the molecule is CC1(C)CC(Nc2nc3ccc(S(=O)(=O)N4CCC(C)(C5CC5)CC4)cc3s2)CO1. The fourth-order valence-electron chi connectivity index (χ4n) is 5.01. The van der Waals surface area contributed by atoms with Crippen LogP contribution in [0.3, 0.4) is 0 Å². The Bertz CT molecular complexity index is 1050. The van der Waals surface area contributed by atoms with Crippen LogP contribution in [0.15, 0.2) is 23.1 Å². The standard InChI is InChI=1S/C22H31N3O3S2/c1-21(2)13-16(14-28-21)23-20-24-18-7-6-17(12-19(18)29-20)30(26,27)25-10-8-22(3,9-11-25)15-4-5-15/h6-7,12,15-16H,4-5,8-11,13-14H2,1-3H3,(H,23,24). The van der Waals surface area contributed by atoms with Gasteiger partial charge in [0.1, 0.15) is 0 Å². The first-order chi connectivity index (χ1) is 14.1. The molecule has 1 aromatic heterocycles. The summed E-state index contributed by atoms with van der Waals surface area (Å²) >= 11 is 1.51. The lowest BCUT2D eigenvalue weighted by Gasteiger charge is -2.39. The van der Waals surface area contributed by atoms with Crippen molar-refractivity contribution in [2.75, 3.05) is 25.0 Å². The van der Waals surface area contributed by atoms with Crippen LogP contribution in [0.2, 0.25) is 0 Å². The smallest absolute Gasteiger partial charge is 0.243 e. The average Bonchev–Trinajstić information content (AvgIpc) is 3.40. The summed E-state index contributed by atoms with van der Waals surface area (Å²) in [7, 11) is -3.47. The molecule has 0 spiro atoms. The van der Waals surface area contributed by atoms with Gasteiger partial charge in [0.05, 0.1) is 33.4 Å². The van der Waals surface area contributed by atoms with Crippen LogP contribution in [0.4, 0.5) is 5.13 Å². The minimum Gasteiger partial charge on any atom is -0.373 e. The van der Waals surface area contributed by atoms with Crippen LogP contribution in [0, 0.1) is 11.3 Å². The Morgan fingerprint density at radius 3 is 2.57 bits per heavy atom. The van der Waals surface area contributed by atoms with Crippen molar-refractivity contribution >= 4 is 36.7 Å². The molecule has 8 heteroatoms. The van der Waals surface area contributed by atoms with Crippen LogP contribution < -0.4 is 5.32 Å². The van der Waals surface area contributed by atoms with Crippen molar-refractivity contribution in [2.45, 2.75) is 69.4 Å². The van der Waals surface area contributed by atoms with Crippen LogP contribution in [-0.4, -0.2) is 49.0 Å². The summed E-state index contributed by atoms with van der Waals surface area (Å²) in [5, 5.41) is 4.28. The van der Waals surface area contributed by atoms with Crippen molar-refractivity contribution in [3.63, 3.8) is 0 Å². The molecule has 1 N–H and O–H groups in total. The largest absolute Gasteiger partial charge is 0.373 e. The molecule has 0 radical (unpaired) electrons. The molecule has 1 unspecified atom stereocenters. The lowest BCUT2D eigenvalue weighted by atomic mass is 9.77. The zero-order chi connectivity index (χ0) is 21.1. The number of hydrogen-bond acceptors (Lipinski definition) is 6. The maximum atomic E-state index is 13.3. The van der Waals surface area contributed by atoms with Gasteiger partial charge >= 0.3 is 0 Å². The van der Waals surface area contributed by atoms with Gasteiger partial charge in [0.15, 0.2) is 5.13 Å². The molecule has 5 rings (SSSR count). The summed E-state index contributed by atoms with van der Waals surface area (Å²) < 4.78 is 34.9. The number of thiazole rings is 1. The number of ether oxygens (including phenoxy) is 1. The van der Waals surface area contributed by atoms with E-state index in [2.05, 4.69) is 31.1 Å². The second-order valence-corrected chi connectivity index (χ2v) is 13.1. The van der Waals surface area contributed by atoms with Crippen LogP contribution in [0.5, 0.6) is 0 Å². The molecule has 30 heavy (non-hydrogen) atoms. The zero-order valence-electron chi connectivity index (χ0n) is 18.0. The number of rotatable bonds is 5. The van der Waals surface area contributed by atoms with Gasteiger partial charge in [-0.05, 0) is 75.5 Å². The van der Waals surface area contributed by atoms with Crippen LogP contribution >= 0.6 is 11.3 Å². The van der Waals surface area contributed by atoms with E-state index in [1.54, 1.807) is 16.4 Å². The van der Waals surface area contributed by atoms with Gasteiger partial charge in [-0.25, -0.2) is 13.4 Å². The van der Waals surface area contributed by atoms with Gasteiger partial charge in [0, 0.05) is 13.1 Å². The molecule has 1 atom stereocenters. The topological polar surface area (TPSA) is 71.5 Å². The predicted octanol–water partition coefficient (Wildman–Crippen LogP) is 4.48. The maximum Gasteiger partial charge on any atom is 0.243 e. The highest BCUT2D eigenvalue weighted by Gasteiger charge is 2.44. The van der Waals surface area contributed by atoms with Gasteiger partial charge in [-0.15, -0.1) is 0 Å². The summed E-state index contributed by atoms with van der Waals surface area (Å²) in [6.07, 6.45) is 5.48. The average molecular weight is 450 g/mol. The highest BCUT2D eigenvalue weighted by atomic mass is 32.2. The Hall–Kier alpha value is -1.22. The summed E-state index contributed by atoms with van der Waals surface area (Å²) in [6, 6.07) is 5.56. The molecule has 1 saturated carbocycles. The molecule has 0 amide bonds. The van der Waals surface area contributed by atoms with Gasteiger partial charge in [-0.1, -0.05) is 18.3 Å². The number of benzene rings is 1. The van der Waals surface area contributed by atoms with E-state index in [1.807, 2.05) is 6.07 Å². The predicted molar refractivity (Wildman–Crippen MR) is 121 cm³/mol. The number of anilines is 1. The van der Waals surface area contributed by atoms with Crippen molar-refractivity contribution < 1.29 is 13.2 Å². The number of nitrogens with one attached hydrogen (secondary N) is 1. The van der Waals surface area contributed by atoms with E-state index >= 15 is 0 Å². The van der Waals surface area contributed by atoms with Crippen LogP contribution in [0.1, 0.15) is 52.9 Å². The van der Waals surface area contributed by atoms with Crippen LogP contribution in [-0.2, 0) is 14.8 Å². The molecular weight excluding hydrogens is 418 g/mol. The monoisotopic (exact) mass is 449 g/mol. The minimum absolute atomic E-state index is 0.111. The van der Waals surface area contributed by atoms with Crippen molar-refractivity contribution in [1.29, 1.82) is 0 Å². The van der Waals surface area contributed by atoms with Gasteiger partial charge in [-0.2, -0.15) is 4.31 Å². The van der Waals surface area contributed by atoms with Crippen molar-refractivity contribution in [3.05, 3.63) is 18.2 Å². The molecule has 1 aromatic carbocycles. The third-order valence-electron chi connectivity index (χ3n) is 7.17. The van der Waals surface area contributed by atoms with Gasteiger partial charge in [0.2, 0.25) is 10.0 Å². The van der Waals surface area contributed by atoms with Crippen molar-refractivity contribution in [3.8, 4) is 0 Å². The van der Waals surface area contributed by atoms with E-state index in [1.165, 1.54) is 24.2 Å². The van der Waals surface area contributed by atoms with E-state index in [0.29, 0.717) is 30.0 Å². The first-order valence-electron chi connectivity index (χ1n) is 11.0. The lowest BCUT2D eigenvalue weighted by molar-refractivity contribution is 0.0363. The molecule has 164 valence electrons. The Morgan fingerprint density at radius 2 is 1.93 bits per heavy atom. The van der Waals surface area contributed by atoms with Crippen molar-refractivity contribution in [1.82, 2.24) is 9.29 Å². The first kappa shape index (κ1) is 20.7. The molecule has 6 nitrogen and oxygen atoms in total. The second kappa shape index (κ2) is 7.15. The molecule has 2 saturated heterocycles. The molecule has 1 aliphatic carbocycles. The van der Waals surface area contributed by atoms with E-state index in [0.717, 1.165) is 40.5 Å². The summed E-state index contributed by atoms with van der Waals surface area (Å²) in [5.41, 5.74) is 1.05. The van der Waals surface area contributed by atoms with Crippen LogP contribution in [0.25, 0.3) is 10.2 Å². The van der Waals surface area contributed by atoms with E-state index in [-0.39, 0.29) is 11.6 Å². The number of aromatic nitrogens is 1. The Morgan fingerprint density at radius 1 is 1.20 bits per heavy atom. The van der Waals surface area contributed by atoms with Gasteiger partial charge in [0.25, 0.3) is 0 Å². The third-order valence-corrected chi connectivity index (χ3v) is 10.0. The number of nitrogens with zero attached hydrogens (tertiary/aromatic N) is 2. The Labute approximate surface area is 183 Å². The van der Waals surface area contributed by atoms with Gasteiger partial charge in [-0.3, -0.25) is 0 Å². The first-order valence-corrected chi connectivity index (χ1v) is 13.2. The molecule has 0 bridgehead atoms. The molecule has 3 aliphatic rings. The number of piperidine rings is 1. The summed E-state index contributed by atoms with van der Waals surface area (Å²) in [6.45, 7) is 8.44. The van der Waals surface area contributed by atoms with E-state index in [4.69, 9.17) is 4.74 Å². The van der Waals surface area contributed by atoms with Crippen molar-refractivity contribution in [2.24, 2.45) is 11.3 Å². The summed E-state index contributed by atoms with van der Waals surface area (Å²) in [4.78, 5) is 5.03. The number of fused-ring (bicyclic) bond motifs is 1. The number of sulfonamides is 1. The molecule has 2 aliphatic heterocycles. The Kier molecular flexibility index (Phi) is 4.93. The maximum absolute atomic E-state index is 13.3. The second-order valence-electron chi connectivity index (χ2n) is 10.1. The van der Waals surface area contributed by atoms with E-state index < -0.39 is 10.0 Å². The fourth-order valence-corrected chi connectivity index (χ4v) is 7.53. The van der Waals surface area contributed by atoms with E-state index in [9.17, 15) is 8.42 Å². The highest BCUT2D eigenvalue weighted by molar-refractivity contribution is 7.89. The fraction of sp³-hybridized carbons (Fsp3) is 0.682. The lowest BCUT2D eigenvalue weighted by Crippen LogP contribution is -2.42. The molecule has 3 heterocycles. The third kappa shape index (κ3) is 3.87.